The average Bonchev–Trinajstić information content (AvgIpc) is 2.94. The molecule has 2 aromatic heterocycles. The van der Waals surface area contributed by atoms with Crippen molar-refractivity contribution in [3.8, 4) is 11.4 Å². The Balaban J connectivity index is 2.00. The van der Waals surface area contributed by atoms with Crippen molar-refractivity contribution in [3.05, 3.63) is 50.6 Å². The smallest absolute Gasteiger partial charge is 0.262 e. The molecular weight excluding hydrogens is 335 g/mol. The first kappa shape index (κ1) is 16.5. The zero-order chi connectivity index (χ0) is 17.6. The maximum atomic E-state index is 13.2. The highest BCUT2D eigenvalue weighted by molar-refractivity contribution is 7.18. The van der Waals surface area contributed by atoms with Crippen molar-refractivity contribution in [1.82, 2.24) is 9.55 Å². The monoisotopic (exact) mass is 356 g/mol. The molecule has 5 heteroatoms. The van der Waals surface area contributed by atoms with E-state index in [1.165, 1.54) is 9.44 Å². The molecule has 25 heavy (non-hydrogen) atoms. The van der Waals surface area contributed by atoms with Gasteiger partial charge in [-0.15, -0.1) is 11.3 Å². The van der Waals surface area contributed by atoms with Crippen LogP contribution in [0.5, 0.6) is 0 Å². The minimum atomic E-state index is -0.574. The van der Waals surface area contributed by atoms with Crippen LogP contribution in [0, 0.1) is 12.8 Å². The molecule has 0 fully saturated rings. The average molecular weight is 356 g/mol. The number of aryl methyl sites for hydroxylation is 2. The summed E-state index contributed by atoms with van der Waals surface area (Å²) < 4.78 is 14.7. The van der Waals surface area contributed by atoms with Gasteiger partial charge < -0.3 is 0 Å². The second kappa shape index (κ2) is 6.37. The van der Waals surface area contributed by atoms with Crippen molar-refractivity contribution < 1.29 is 4.39 Å². The zero-order valence-electron chi connectivity index (χ0n) is 14.5. The van der Waals surface area contributed by atoms with Gasteiger partial charge in [0.05, 0.1) is 11.9 Å². The summed E-state index contributed by atoms with van der Waals surface area (Å²) in [5, 5.41) is 0.719. The fourth-order valence-electron chi connectivity index (χ4n) is 3.72. The van der Waals surface area contributed by atoms with Gasteiger partial charge in [0.2, 0.25) is 0 Å². The van der Waals surface area contributed by atoms with Gasteiger partial charge in [0, 0.05) is 10.4 Å². The van der Waals surface area contributed by atoms with E-state index in [9.17, 15) is 9.18 Å². The number of fused-ring (bicyclic) bond motifs is 3. The Morgan fingerprint density at radius 1 is 1.40 bits per heavy atom. The Bertz CT molecular complexity index is 1000. The number of hydrogen-bond acceptors (Lipinski definition) is 3. The molecule has 0 amide bonds. The fourth-order valence-corrected chi connectivity index (χ4v) is 5.09. The van der Waals surface area contributed by atoms with Gasteiger partial charge in [-0.2, -0.15) is 0 Å². The fraction of sp³-hybridized carbons (Fsp3) is 0.400. The number of rotatable bonds is 3. The first-order chi connectivity index (χ1) is 12.1. The summed E-state index contributed by atoms with van der Waals surface area (Å²) in [4.78, 5) is 20.1. The van der Waals surface area contributed by atoms with Crippen molar-refractivity contribution in [1.29, 1.82) is 0 Å². The number of nitrogens with zero attached hydrogens (tertiary/aromatic N) is 2. The third kappa shape index (κ3) is 2.80. The molecule has 130 valence electrons. The summed E-state index contributed by atoms with van der Waals surface area (Å²) in [5.74, 6) is 1.22. The van der Waals surface area contributed by atoms with E-state index in [0.717, 1.165) is 46.2 Å². The lowest BCUT2D eigenvalue weighted by Crippen LogP contribution is -2.25. The third-order valence-corrected chi connectivity index (χ3v) is 6.15. The quantitative estimate of drug-likeness (QED) is 0.691. The van der Waals surface area contributed by atoms with E-state index in [1.54, 1.807) is 11.3 Å². The molecule has 2 heterocycles. The van der Waals surface area contributed by atoms with Gasteiger partial charge in [-0.1, -0.05) is 30.7 Å². The molecule has 0 saturated carbocycles. The molecule has 1 unspecified atom stereocenters. The molecule has 1 atom stereocenters. The van der Waals surface area contributed by atoms with Crippen molar-refractivity contribution >= 4 is 21.6 Å². The van der Waals surface area contributed by atoms with Crippen LogP contribution in [-0.4, -0.2) is 16.2 Å². The van der Waals surface area contributed by atoms with Crippen LogP contribution >= 0.6 is 11.3 Å². The number of thiophene rings is 1. The molecule has 0 bridgehead atoms. The number of alkyl halides is 1. The topological polar surface area (TPSA) is 34.9 Å². The van der Waals surface area contributed by atoms with Gasteiger partial charge in [-0.05, 0) is 43.7 Å². The first-order valence-corrected chi connectivity index (χ1v) is 9.58. The zero-order valence-corrected chi connectivity index (χ0v) is 15.3. The largest absolute Gasteiger partial charge is 0.289 e. The molecule has 0 saturated heterocycles. The first-order valence-electron chi connectivity index (χ1n) is 8.76. The van der Waals surface area contributed by atoms with Crippen LogP contribution in [0.2, 0.25) is 0 Å². The molecular formula is C20H21FN2OS. The Kier molecular flexibility index (Phi) is 4.20. The molecule has 4 rings (SSSR count). The third-order valence-electron chi connectivity index (χ3n) is 5.00. The summed E-state index contributed by atoms with van der Waals surface area (Å²) in [6.07, 6.45) is 3.03. The van der Waals surface area contributed by atoms with Crippen LogP contribution in [0.3, 0.4) is 0 Å². The van der Waals surface area contributed by atoms with Gasteiger partial charge in [-0.25, -0.2) is 9.37 Å². The molecule has 3 nitrogen and oxygen atoms in total. The normalized spacial score (nSPS) is 17.0. The summed E-state index contributed by atoms with van der Waals surface area (Å²) in [7, 11) is 0. The molecule has 1 aliphatic carbocycles. The van der Waals surface area contributed by atoms with Gasteiger partial charge >= 0.3 is 0 Å². The lowest BCUT2D eigenvalue weighted by Gasteiger charge is -2.17. The molecule has 0 radical (unpaired) electrons. The van der Waals surface area contributed by atoms with E-state index in [0.29, 0.717) is 11.7 Å². The molecule has 0 aliphatic heterocycles. The SMILES string of the molecule is Cc1cccc(-c2nc3sc4c(c3c(=O)n2CCF)CCC(C)C4)c1. The van der Waals surface area contributed by atoms with Crippen molar-refractivity contribution in [3.63, 3.8) is 0 Å². The van der Waals surface area contributed by atoms with Gasteiger partial charge in [-0.3, -0.25) is 9.36 Å². The van der Waals surface area contributed by atoms with Gasteiger partial charge in [0.15, 0.2) is 0 Å². The van der Waals surface area contributed by atoms with Crippen molar-refractivity contribution in [2.75, 3.05) is 6.67 Å². The molecule has 0 spiro atoms. The van der Waals surface area contributed by atoms with Gasteiger partial charge in [0.1, 0.15) is 17.3 Å². The maximum Gasteiger partial charge on any atom is 0.262 e. The number of benzene rings is 1. The second-order valence-corrected chi connectivity index (χ2v) is 8.07. The van der Waals surface area contributed by atoms with E-state index >= 15 is 0 Å². The Labute approximate surface area is 150 Å². The Morgan fingerprint density at radius 2 is 2.24 bits per heavy atom. The molecule has 1 aliphatic rings. The minimum Gasteiger partial charge on any atom is -0.289 e. The maximum absolute atomic E-state index is 13.2. The highest BCUT2D eigenvalue weighted by Gasteiger charge is 2.24. The van der Waals surface area contributed by atoms with E-state index in [2.05, 4.69) is 6.92 Å². The van der Waals surface area contributed by atoms with E-state index in [1.807, 2.05) is 31.2 Å². The number of hydrogen-bond donors (Lipinski definition) is 0. The van der Waals surface area contributed by atoms with Crippen LogP contribution in [0.15, 0.2) is 29.1 Å². The number of halogens is 1. The predicted octanol–water partition coefficient (Wildman–Crippen LogP) is 4.53. The standard InChI is InChI=1S/C20H21FN2OS/c1-12-4-3-5-14(10-12)18-22-19-17(20(24)23(18)9-8-21)15-7-6-13(2)11-16(15)25-19/h3-5,10,13H,6-9,11H2,1-2H3. The van der Waals surface area contributed by atoms with Crippen LogP contribution < -0.4 is 5.56 Å². The Hall–Kier alpha value is -2.01. The van der Waals surface area contributed by atoms with Crippen LogP contribution in [0.25, 0.3) is 21.6 Å². The minimum absolute atomic E-state index is 0.0477. The van der Waals surface area contributed by atoms with E-state index < -0.39 is 6.67 Å². The lowest BCUT2D eigenvalue weighted by atomic mass is 9.89. The highest BCUT2D eigenvalue weighted by Crippen LogP contribution is 2.36. The molecule has 1 aromatic carbocycles. The lowest BCUT2D eigenvalue weighted by molar-refractivity contribution is 0.441. The van der Waals surface area contributed by atoms with Crippen LogP contribution in [0.4, 0.5) is 4.39 Å². The Morgan fingerprint density at radius 3 is 3.00 bits per heavy atom. The van der Waals surface area contributed by atoms with Crippen molar-refractivity contribution in [2.24, 2.45) is 5.92 Å². The second-order valence-electron chi connectivity index (χ2n) is 6.98. The predicted molar refractivity (Wildman–Crippen MR) is 101 cm³/mol. The summed E-state index contributed by atoms with van der Waals surface area (Å²) in [6.45, 7) is 3.73. The van der Waals surface area contributed by atoms with Crippen LogP contribution in [-0.2, 0) is 19.4 Å². The van der Waals surface area contributed by atoms with E-state index in [-0.39, 0.29) is 12.1 Å². The van der Waals surface area contributed by atoms with Crippen molar-refractivity contribution in [2.45, 2.75) is 39.7 Å². The highest BCUT2D eigenvalue weighted by atomic mass is 32.1. The van der Waals surface area contributed by atoms with Crippen LogP contribution in [0.1, 0.15) is 29.3 Å². The van der Waals surface area contributed by atoms with E-state index in [4.69, 9.17) is 4.98 Å². The summed E-state index contributed by atoms with van der Waals surface area (Å²) in [5.41, 5.74) is 3.02. The molecule has 0 N–H and O–H groups in total. The molecule has 3 aromatic rings. The van der Waals surface area contributed by atoms with Gasteiger partial charge in [0.25, 0.3) is 5.56 Å². The summed E-state index contributed by atoms with van der Waals surface area (Å²) >= 11 is 1.64. The number of aromatic nitrogens is 2. The summed E-state index contributed by atoms with van der Waals surface area (Å²) in [6, 6.07) is 7.88.